The van der Waals surface area contributed by atoms with Gasteiger partial charge in [0.1, 0.15) is 5.65 Å². The van der Waals surface area contributed by atoms with Crippen LogP contribution in [0.2, 0.25) is 5.02 Å². The molecule has 2 aliphatic heterocycles. The standard InChI is InChI=1S/C36H40ClF2N7O2/c1-18-28-9-5-21-15-30(45(32(21)42-28)17-36(38,39)10-2-3-19-12-25(19)34(47)41-18)33-43-29-14-22(13-26(37)31(29)46(33)23-7-8-23)35(48)44-16-27(40)20-4-6-24(44)11-20/h5,9,13-15,18-20,23-25,27H,2-4,6-8,10-12,16-17,40H2,1H3,(H,41,47)/t18-,19-,20-,24+,25-,27+/m1/s1. The van der Waals surface area contributed by atoms with E-state index >= 15 is 8.78 Å². The molecule has 3 aromatic heterocycles. The summed E-state index contributed by atoms with van der Waals surface area (Å²) in [6.07, 6.45) is 6.21. The fraction of sp³-hybridized carbons (Fsp3) is 0.556. The molecule has 4 bridgehead atoms. The van der Waals surface area contributed by atoms with Crippen LogP contribution in [0.4, 0.5) is 8.78 Å². The monoisotopic (exact) mass is 675 g/mol. The van der Waals surface area contributed by atoms with Crippen molar-refractivity contribution in [1.29, 1.82) is 0 Å². The molecule has 3 N–H and O–H groups in total. The Bertz CT molecular complexity index is 1990. The van der Waals surface area contributed by atoms with E-state index in [2.05, 4.69) is 9.88 Å². The number of fused-ring (bicyclic) bond motifs is 5. The van der Waals surface area contributed by atoms with Gasteiger partial charge in [-0.25, -0.2) is 18.7 Å². The van der Waals surface area contributed by atoms with E-state index in [0.29, 0.717) is 75.2 Å². The summed E-state index contributed by atoms with van der Waals surface area (Å²) in [5, 5.41) is 4.23. The first-order valence-corrected chi connectivity index (χ1v) is 17.9. The summed E-state index contributed by atoms with van der Waals surface area (Å²) >= 11 is 7.00. The molecule has 252 valence electrons. The second-order valence-corrected chi connectivity index (χ2v) is 15.5. The van der Waals surface area contributed by atoms with Gasteiger partial charge in [0.15, 0.2) is 5.82 Å². The van der Waals surface area contributed by atoms with E-state index in [-0.39, 0.29) is 54.2 Å². The Morgan fingerprint density at radius 3 is 2.67 bits per heavy atom. The molecule has 3 aliphatic carbocycles. The van der Waals surface area contributed by atoms with E-state index in [1.54, 1.807) is 16.7 Å². The molecule has 4 fully saturated rings. The van der Waals surface area contributed by atoms with Gasteiger partial charge in [-0.1, -0.05) is 11.6 Å². The number of rotatable bonds is 3. The molecule has 4 aromatic rings. The molecular weight excluding hydrogens is 636 g/mol. The molecule has 1 aromatic carbocycles. The van der Waals surface area contributed by atoms with Crippen LogP contribution in [-0.2, 0) is 11.3 Å². The number of halogens is 3. The third kappa shape index (κ3) is 5.11. The third-order valence-electron chi connectivity index (χ3n) is 11.6. The summed E-state index contributed by atoms with van der Waals surface area (Å²) in [6.45, 7) is 1.87. The maximum absolute atomic E-state index is 15.9. The zero-order chi connectivity index (χ0) is 33.1. The Labute approximate surface area is 282 Å². The molecule has 5 heterocycles. The van der Waals surface area contributed by atoms with Gasteiger partial charge in [-0.3, -0.25) is 9.59 Å². The van der Waals surface area contributed by atoms with Gasteiger partial charge >= 0.3 is 0 Å². The van der Waals surface area contributed by atoms with Crippen LogP contribution in [0.3, 0.4) is 0 Å². The topological polar surface area (TPSA) is 111 Å². The number of likely N-dealkylation sites (tertiary alicyclic amines) is 1. The number of aromatic nitrogens is 4. The fourth-order valence-corrected chi connectivity index (χ4v) is 9.03. The number of alkyl halides is 2. The first-order valence-electron chi connectivity index (χ1n) is 17.5. The number of nitrogens with two attached hydrogens (primary N) is 1. The van der Waals surface area contributed by atoms with Gasteiger partial charge in [0.2, 0.25) is 5.91 Å². The van der Waals surface area contributed by atoms with E-state index in [0.717, 1.165) is 38.5 Å². The smallest absolute Gasteiger partial charge is 0.265 e. The molecular formula is C36H40ClF2N7O2. The van der Waals surface area contributed by atoms with Crippen molar-refractivity contribution in [3.05, 3.63) is 46.6 Å². The Morgan fingerprint density at radius 2 is 1.85 bits per heavy atom. The number of imidazole rings is 1. The summed E-state index contributed by atoms with van der Waals surface area (Å²) < 4.78 is 35.4. The van der Waals surface area contributed by atoms with Crippen LogP contribution >= 0.6 is 11.6 Å². The van der Waals surface area contributed by atoms with E-state index in [1.165, 1.54) is 0 Å². The van der Waals surface area contributed by atoms with Crippen LogP contribution < -0.4 is 11.1 Å². The first kappa shape index (κ1) is 30.5. The molecule has 0 spiro atoms. The SMILES string of the molecule is C[C@H]1NC(=O)[C@@H]2C[C@H]2CCCC(F)(F)Cn2c(-c3nc4cc(C(=O)N5C[C@H](N)[C@@H]6CC[C@H]5C6)cc(Cl)c4n3C3CC3)cc3ccc1nc32. The summed E-state index contributed by atoms with van der Waals surface area (Å²) in [5.41, 5.74) is 9.74. The van der Waals surface area contributed by atoms with Crippen molar-refractivity contribution in [1.82, 2.24) is 29.3 Å². The van der Waals surface area contributed by atoms with Gasteiger partial charge < -0.3 is 25.1 Å². The average Bonchev–Trinajstić information content (AvgIpc) is 3.93. The number of nitrogens with zero attached hydrogens (tertiary/aromatic N) is 5. The largest absolute Gasteiger partial charge is 0.348 e. The second-order valence-electron chi connectivity index (χ2n) is 15.1. The van der Waals surface area contributed by atoms with Crippen molar-refractivity contribution in [3.8, 4) is 11.5 Å². The van der Waals surface area contributed by atoms with Crippen molar-refractivity contribution in [3.63, 3.8) is 0 Å². The van der Waals surface area contributed by atoms with Gasteiger partial charge in [0.25, 0.3) is 11.8 Å². The fourth-order valence-electron chi connectivity index (χ4n) is 8.72. The van der Waals surface area contributed by atoms with Crippen LogP contribution in [-0.4, -0.2) is 60.4 Å². The van der Waals surface area contributed by atoms with Gasteiger partial charge in [-0.15, -0.1) is 0 Å². The normalized spacial score (nSPS) is 30.0. The van der Waals surface area contributed by atoms with Crippen molar-refractivity contribution in [2.75, 3.05) is 6.54 Å². The predicted octanol–water partition coefficient (Wildman–Crippen LogP) is 6.63. The molecule has 1 saturated heterocycles. The highest BCUT2D eigenvalue weighted by Gasteiger charge is 2.44. The molecule has 0 unspecified atom stereocenters. The number of carbonyl (C=O) groups is 2. The van der Waals surface area contributed by atoms with Crippen molar-refractivity contribution >= 4 is 45.5 Å². The highest BCUT2D eigenvalue weighted by Crippen LogP contribution is 2.46. The molecule has 3 saturated carbocycles. The number of nitrogens with one attached hydrogen (secondary N) is 1. The van der Waals surface area contributed by atoms with Crippen LogP contribution in [0.15, 0.2) is 30.3 Å². The van der Waals surface area contributed by atoms with Crippen LogP contribution in [0, 0.1) is 17.8 Å². The van der Waals surface area contributed by atoms with Crippen molar-refractivity contribution in [2.24, 2.45) is 23.5 Å². The van der Waals surface area contributed by atoms with E-state index in [1.807, 2.05) is 30.0 Å². The lowest BCUT2D eigenvalue weighted by molar-refractivity contribution is -0.123. The molecule has 5 aliphatic rings. The Balaban J connectivity index is 1.16. The summed E-state index contributed by atoms with van der Waals surface area (Å²) in [6, 6.07) is 9.04. The molecule has 48 heavy (non-hydrogen) atoms. The molecule has 9 nitrogen and oxygen atoms in total. The summed E-state index contributed by atoms with van der Waals surface area (Å²) in [7, 11) is 0. The van der Waals surface area contributed by atoms with E-state index in [9.17, 15) is 9.59 Å². The predicted molar refractivity (Wildman–Crippen MR) is 179 cm³/mol. The Kier molecular flexibility index (Phi) is 6.97. The lowest BCUT2D eigenvalue weighted by Crippen LogP contribution is -2.51. The van der Waals surface area contributed by atoms with Crippen LogP contribution in [0.25, 0.3) is 33.6 Å². The van der Waals surface area contributed by atoms with Gasteiger partial charge in [-0.05, 0) is 100 Å². The van der Waals surface area contributed by atoms with Crippen molar-refractivity contribution < 1.29 is 18.4 Å². The zero-order valence-corrected chi connectivity index (χ0v) is 27.7. The third-order valence-corrected chi connectivity index (χ3v) is 11.9. The number of benzene rings is 1. The second kappa shape index (κ2) is 11.0. The molecule has 0 radical (unpaired) electrons. The Morgan fingerprint density at radius 1 is 1.04 bits per heavy atom. The maximum Gasteiger partial charge on any atom is 0.265 e. The molecule has 2 amide bonds. The number of pyridine rings is 1. The highest BCUT2D eigenvalue weighted by molar-refractivity contribution is 6.35. The number of piperidine rings is 1. The number of hydrogen-bond donors (Lipinski definition) is 2. The lowest BCUT2D eigenvalue weighted by Gasteiger charge is -2.37. The van der Waals surface area contributed by atoms with Gasteiger partial charge in [0, 0.05) is 48.0 Å². The van der Waals surface area contributed by atoms with Gasteiger partial charge in [-0.2, -0.15) is 0 Å². The first-order chi connectivity index (χ1) is 23.0. The minimum Gasteiger partial charge on any atom is -0.348 e. The Hall–Kier alpha value is -3.57. The summed E-state index contributed by atoms with van der Waals surface area (Å²) in [5.74, 6) is -2.06. The maximum atomic E-state index is 15.9. The van der Waals surface area contributed by atoms with E-state index < -0.39 is 12.5 Å². The van der Waals surface area contributed by atoms with E-state index in [4.69, 9.17) is 27.3 Å². The van der Waals surface area contributed by atoms with Crippen LogP contribution in [0.5, 0.6) is 0 Å². The average molecular weight is 676 g/mol. The zero-order valence-electron chi connectivity index (χ0n) is 27.0. The minimum absolute atomic E-state index is 0.0299. The molecule has 9 rings (SSSR count). The number of carbonyl (C=O) groups excluding carboxylic acids is 2. The number of amides is 2. The minimum atomic E-state index is -3.00. The number of hydrogen-bond acceptors (Lipinski definition) is 5. The van der Waals surface area contributed by atoms with Crippen LogP contribution in [0.1, 0.15) is 92.8 Å². The molecule has 6 atom stereocenters. The van der Waals surface area contributed by atoms with Gasteiger partial charge in [0.05, 0.1) is 40.0 Å². The molecule has 12 heteroatoms. The quantitative estimate of drug-likeness (QED) is 0.253. The summed E-state index contributed by atoms with van der Waals surface area (Å²) in [4.78, 5) is 38.6. The lowest BCUT2D eigenvalue weighted by atomic mass is 9.94. The highest BCUT2D eigenvalue weighted by atomic mass is 35.5. The van der Waals surface area contributed by atoms with Crippen molar-refractivity contribution in [2.45, 2.75) is 101 Å².